The highest BCUT2D eigenvalue weighted by molar-refractivity contribution is 5.47. The number of nitrogens with one attached hydrogen (secondary N) is 1. The maximum absolute atomic E-state index is 3.60. The van der Waals surface area contributed by atoms with E-state index in [2.05, 4.69) is 53.8 Å². The minimum atomic E-state index is 0.485. The van der Waals surface area contributed by atoms with Gasteiger partial charge in [0, 0.05) is 5.69 Å². The van der Waals surface area contributed by atoms with Crippen molar-refractivity contribution in [3.05, 3.63) is 65.7 Å². The molecule has 0 fully saturated rings. The van der Waals surface area contributed by atoms with Crippen molar-refractivity contribution >= 4 is 5.69 Å². The van der Waals surface area contributed by atoms with Crippen molar-refractivity contribution in [3.63, 3.8) is 0 Å². The quantitative estimate of drug-likeness (QED) is 0.793. The number of para-hydroxylation sites is 1. The lowest BCUT2D eigenvalue weighted by atomic mass is 10.1. The Balaban J connectivity index is 1.84. The molecule has 0 aromatic heterocycles. The number of aryl methyl sites for hydroxylation is 1. The molecule has 3 rings (SSSR count). The lowest BCUT2D eigenvalue weighted by Gasteiger charge is -2.15. The van der Waals surface area contributed by atoms with Crippen LogP contribution in [0.4, 0.5) is 5.69 Å². The maximum Gasteiger partial charge on any atom is 0.0519 e. The van der Waals surface area contributed by atoms with E-state index in [9.17, 15) is 0 Å². The fourth-order valence-corrected chi connectivity index (χ4v) is 2.44. The summed E-state index contributed by atoms with van der Waals surface area (Å²) in [5, 5.41) is 3.60. The third-order valence-corrected chi connectivity index (χ3v) is 3.25. The normalized spacial score (nSPS) is 18.1. The third kappa shape index (κ3) is 1.69. The molecule has 0 saturated heterocycles. The molecule has 1 nitrogen and oxygen atoms in total. The third-order valence-electron chi connectivity index (χ3n) is 3.25. The van der Waals surface area contributed by atoms with Crippen LogP contribution in [-0.2, 0) is 6.42 Å². The van der Waals surface area contributed by atoms with Gasteiger partial charge in [-0.3, -0.25) is 0 Å². The van der Waals surface area contributed by atoms with Gasteiger partial charge >= 0.3 is 0 Å². The average Bonchev–Trinajstić information content (AvgIpc) is 2.74. The van der Waals surface area contributed by atoms with E-state index in [0.29, 0.717) is 6.04 Å². The van der Waals surface area contributed by atoms with E-state index < -0.39 is 0 Å². The average molecular weight is 209 g/mol. The van der Waals surface area contributed by atoms with Gasteiger partial charge in [-0.15, -0.1) is 0 Å². The topological polar surface area (TPSA) is 12.0 Å². The second kappa shape index (κ2) is 4.01. The van der Waals surface area contributed by atoms with Gasteiger partial charge in [-0.05, 0) is 36.1 Å². The second-order valence-corrected chi connectivity index (χ2v) is 4.30. The summed E-state index contributed by atoms with van der Waals surface area (Å²) >= 11 is 0. The van der Waals surface area contributed by atoms with Crippen molar-refractivity contribution in [1.82, 2.24) is 0 Å². The molecule has 0 saturated carbocycles. The summed E-state index contributed by atoms with van der Waals surface area (Å²) in [5.41, 5.74) is 4.17. The van der Waals surface area contributed by atoms with E-state index >= 15 is 0 Å². The first-order valence-electron chi connectivity index (χ1n) is 5.83. The molecule has 2 aromatic rings. The highest BCUT2D eigenvalue weighted by Gasteiger charge is 2.21. The number of hydrogen-bond donors (Lipinski definition) is 1. The molecule has 2 aromatic carbocycles. The van der Waals surface area contributed by atoms with Crippen LogP contribution in [0.25, 0.3) is 0 Å². The summed E-state index contributed by atoms with van der Waals surface area (Å²) < 4.78 is 0. The summed E-state index contributed by atoms with van der Waals surface area (Å²) in [5.74, 6) is 0. The van der Waals surface area contributed by atoms with Gasteiger partial charge in [0.2, 0.25) is 0 Å². The number of benzene rings is 2. The van der Waals surface area contributed by atoms with Crippen molar-refractivity contribution in [2.75, 3.05) is 5.32 Å². The van der Waals surface area contributed by atoms with Gasteiger partial charge in [0.05, 0.1) is 6.04 Å². The van der Waals surface area contributed by atoms with Crippen molar-refractivity contribution in [1.29, 1.82) is 0 Å². The Morgan fingerprint density at radius 2 is 1.62 bits per heavy atom. The van der Waals surface area contributed by atoms with Gasteiger partial charge in [0.1, 0.15) is 0 Å². The Bertz CT molecular complexity index is 476. The van der Waals surface area contributed by atoms with E-state index in [1.165, 1.54) is 29.7 Å². The molecule has 16 heavy (non-hydrogen) atoms. The highest BCUT2D eigenvalue weighted by Crippen LogP contribution is 2.33. The number of rotatable bonds is 2. The number of fused-ring (bicyclic) bond motifs is 1. The predicted molar refractivity (Wildman–Crippen MR) is 67.6 cm³/mol. The Labute approximate surface area is 96.1 Å². The summed E-state index contributed by atoms with van der Waals surface area (Å²) in [6.45, 7) is 0. The maximum atomic E-state index is 3.60. The van der Waals surface area contributed by atoms with Gasteiger partial charge in [-0.1, -0.05) is 42.5 Å². The molecule has 0 amide bonds. The highest BCUT2D eigenvalue weighted by atomic mass is 14.9. The molecule has 1 aliphatic carbocycles. The standard InChI is InChI=1S/C15H15N/c1-2-7-13(8-3-1)16-15-11-10-12-6-4-5-9-14(12)15/h1-9,15-16H,10-11H2/t15-/m0/s1. The van der Waals surface area contributed by atoms with E-state index in [-0.39, 0.29) is 0 Å². The molecule has 0 radical (unpaired) electrons. The Morgan fingerprint density at radius 3 is 2.50 bits per heavy atom. The van der Waals surface area contributed by atoms with E-state index in [0.717, 1.165) is 0 Å². The zero-order valence-electron chi connectivity index (χ0n) is 9.19. The molecule has 80 valence electrons. The molecule has 1 aliphatic rings. The van der Waals surface area contributed by atoms with Crippen molar-refractivity contribution < 1.29 is 0 Å². The van der Waals surface area contributed by atoms with Crippen LogP contribution in [-0.4, -0.2) is 0 Å². The molecule has 1 N–H and O–H groups in total. The van der Waals surface area contributed by atoms with Crippen LogP contribution in [0.3, 0.4) is 0 Å². The zero-order chi connectivity index (χ0) is 10.8. The van der Waals surface area contributed by atoms with Crippen molar-refractivity contribution in [2.24, 2.45) is 0 Å². The first kappa shape index (κ1) is 9.46. The van der Waals surface area contributed by atoms with E-state index in [4.69, 9.17) is 0 Å². The van der Waals surface area contributed by atoms with Crippen molar-refractivity contribution in [3.8, 4) is 0 Å². The zero-order valence-corrected chi connectivity index (χ0v) is 9.19. The van der Waals surface area contributed by atoms with E-state index in [1.54, 1.807) is 0 Å². The Hall–Kier alpha value is -1.76. The number of hydrogen-bond acceptors (Lipinski definition) is 1. The minimum Gasteiger partial charge on any atom is -0.378 e. The predicted octanol–water partition coefficient (Wildman–Crippen LogP) is 3.79. The van der Waals surface area contributed by atoms with Gasteiger partial charge in [0.25, 0.3) is 0 Å². The van der Waals surface area contributed by atoms with Gasteiger partial charge < -0.3 is 5.32 Å². The van der Waals surface area contributed by atoms with Crippen LogP contribution in [0.15, 0.2) is 54.6 Å². The van der Waals surface area contributed by atoms with Gasteiger partial charge in [0.15, 0.2) is 0 Å². The molecule has 1 heteroatoms. The largest absolute Gasteiger partial charge is 0.378 e. The van der Waals surface area contributed by atoms with Gasteiger partial charge in [-0.25, -0.2) is 0 Å². The molecule has 1 atom stereocenters. The van der Waals surface area contributed by atoms with Crippen LogP contribution in [0.2, 0.25) is 0 Å². The lowest BCUT2D eigenvalue weighted by molar-refractivity contribution is 0.762. The summed E-state index contributed by atoms with van der Waals surface area (Å²) in [7, 11) is 0. The van der Waals surface area contributed by atoms with Crippen LogP contribution in [0.1, 0.15) is 23.6 Å². The molecule has 0 aliphatic heterocycles. The van der Waals surface area contributed by atoms with Crippen LogP contribution in [0.5, 0.6) is 0 Å². The fraction of sp³-hybridized carbons (Fsp3) is 0.200. The molecule has 0 bridgehead atoms. The fourth-order valence-electron chi connectivity index (χ4n) is 2.44. The summed E-state index contributed by atoms with van der Waals surface area (Å²) in [4.78, 5) is 0. The van der Waals surface area contributed by atoms with E-state index in [1.807, 2.05) is 6.07 Å². The van der Waals surface area contributed by atoms with Gasteiger partial charge in [-0.2, -0.15) is 0 Å². The monoisotopic (exact) mass is 209 g/mol. The van der Waals surface area contributed by atoms with Crippen LogP contribution >= 0.6 is 0 Å². The molecule has 0 heterocycles. The first-order chi connectivity index (χ1) is 7.93. The molecular weight excluding hydrogens is 194 g/mol. The van der Waals surface area contributed by atoms with Crippen LogP contribution in [0, 0.1) is 0 Å². The second-order valence-electron chi connectivity index (χ2n) is 4.30. The Morgan fingerprint density at radius 1 is 0.875 bits per heavy atom. The molecular formula is C15H15N. The SMILES string of the molecule is c1ccc(N[C@H]2CCc3ccccc32)cc1. The summed E-state index contributed by atoms with van der Waals surface area (Å²) in [6.07, 6.45) is 2.40. The smallest absolute Gasteiger partial charge is 0.0519 e. The summed E-state index contributed by atoms with van der Waals surface area (Å²) in [6, 6.07) is 19.7. The molecule has 0 unspecified atom stereocenters. The first-order valence-corrected chi connectivity index (χ1v) is 5.83. The van der Waals surface area contributed by atoms with Crippen molar-refractivity contribution in [2.45, 2.75) is 18.9 Å². The Kier molecular flexibility index (Phi) is 2.37. The minimum absolute atomic E-state index is 0.485. The van der Waals surface area contributed by atoms with Crippen LogP contribution < -0.4 is 5.32 Å². The lowest BCUT2D eigenvalue weighted by Crippen LogP contribution is -2.06. The number of anilines is 1. The molecule has 0 spiro atoms.